The highest BCUT2D eigenvalue weighted by atomic mass is 32.2. The van der Waals surface area contributed by atoms with Crippen molar-refractivity contribution >= 4 is 52.0 Å². The minimum atomic E-state index is 0.145. The minimum absolute atomic E-state index is 0.145. The molecule has 0 atom stereocenters. The van der Waals surface area contributed by atoms with Crippen molar-refractivity contribution in [3.8, 4) is 0 Å². The van der Waals surface area contributed by atoms with Crippen molar-refractivity contribution in [3.05, 3.63) is 45.4 Å². The van der Waals surface area contributed by atoms with Gasteiger partial charge in [-0.2, -0.15) is 0 Å². The molecule has 3 aromatic heterocycles. The number of hydrogen-bond donors (Lipinski definition) is 0. The van der Waals surface area contributed by atoms with Gasteiger partial charge in [-0.05, 0) is 37.6 Å². The Bertz CT molecular complexity index is 836. The first-order valence-corrected chi connectivity index (χ1v) is 11.2. The minimum Gasteiger partial charge on any atom is -0.343 e. The molecule has 3 aromatic rings. The summed E-state index contributed by atoms with van der Waals surface area (Å²) < 4.78 is 3.99. The van der Waals surface area contributed by atoms with Crippen LogP contribution in [0.3, 0.4) is 0 Å². The molecule has 0 unspecified atom stereocenters. The molecule has 0 saturated heterocycles. The third-order valence-electron chi connectivity index (χ3n) is 3.66. The van der Waals surface area contributed by atoms with Gasteiger partial charge in [0, 0.05) is 21.8 Å². The predicted molar refractivity (Wildman–Crippen MR) is 104 cm³/mol. The molecule has 0 fully saturated rings. The monoisotopic (exact) mass is 395 g/mol. The Balaban J connectivity index is 1.70. The van der Waals surface area contributed by atoms with Crippen LogP contribution in [0.1, 0.15) is 26.6 Å². The lowest BCUT2D eigenvalue weighted by molar-refractivity contribution is 0.102. The van der Waals surface area contributed by atoms with Crippen LogP contribution in [0.25, 0.3) is 0 Å². The van der Waals surface area contributed by atoms with Gasteiger partial charge in [-0.3, -0.25) is 4.79 Å². The van der Waals surface area contributed by atoms with Crippen molar-refractivity contribution < 1.29 is 4.79 Å². The fourth-order valence-corrected chi connectivity index (χ4v) is 5.44. The van der Waals surface area contributed by atoms with Crippen LogP contribution in [0.4, 0.5) is 0 Å². The number of aryl methyl sites for hydroxylation is 1. The highest BCUT2D eigenvalue weighted by Crippen LogP contribution is 2.28. The summed E-state index contributed by atoms with van der Waals surface area (Å²) >= 11 is 6.31. The number of carbonyl (C=O) groups is 1. The molecule has 0 bridgehead atoms. The highest BCUT2D eigenvalue weighted by Gasteiger charge is 2.17. The number of carbonyl (C=O) groups excluding carboxylic acids is 1. The molecule has 4 nitrogen and oxygen atoms in total. The molecule has 0 N–H and O–H groups in total. The van der Waals surface area contributed by atoms with Crippen LogP contribution in [0.5, 0.6) is 0 Å². The summed E-state index contributed by atoms with van der Waals surface area (Å²) in [7, 11) is 0. The summed E-state index contributed by atoms with van der Waals surface area (Å²) in [5.74, 6) is 0.540. The predicted octanol–water partition coefficient (Wildman–Crippen LogP) is 4.76. The van der Waals surface area contributed by atoms with Gasteiger partial charge < -0.3 is 4.57 Å². The zero-order chi connectivity index (χ0) is 17.1. The number of Topliss-reactive ketones (excluding diaryl/α,β-unsaturated/α-hetero) is 1. The zero-order valence-corrected chi connectivity index (χ0v) is 16.9. The normalized spacial score (nSPS) is 11.1. The Morgan fingerprint density at radius 1 is 1.29 bits per heavy atom. The fraction of sp³-hybridized carbons (Fsp3) is 0.312. The molecule has 0 aromatic carbocycles. The molecule has 8 heteroatoms. The summed E-state index contributed by atoms with van der Waals surface area (Å²) in [6.45, 7) is 4.90. The summed E-state index contributed by atoms with van der Waals surface area (Å²) in [6, 6.07) is 6.18. The number of hydrogen-bond acceptors (Lipinski definition) is 7. The molecular weight excluding hydrogens is 378 g/mol. The highest BCUT2D eigenvalue weighted by molar-refractivity contribution is 8.03. The second kappa shape index (κ2) is 7.86. The van der Waals surface area contributed by atoms with E-state index in [2.05, 4.69) is 39.2 Å². The van der Waals surface area contributed by atoms with E-state index in [1.807, 2.05) is 19.2 Å². The van der Waals surface area contributed by atoms with Crippen LogP contribution in [0, 0.1) is 13.8 Å². The Hall–Kier alpha value is -1.09. The van der Waals surface area contributed by atoms with Gasteiger partial charge in [0.25, 0.3) is 0 Å². The number of aromatic nitrogens is 3. The Morgan fingerprint density at radius 3 is 2.75 bits per heavy atom. The first-order chi connectivity index (χ1) is 11.6. The van der Waals surface area contributed by atoms with E-state index in [1.165, 1.54) is 28.0 Å². The second-order valence-electron chi connectivity index (χ2n) is 5.20. The van der Waals surface area contributed by atoms with Crippen LogP contribution in [-0.4, -0.2) is 32.6 Å². The van der Waals surface area contributed by atoms with Crippen molar-refractivity contribution in [2.45, 2.75) is 29.1 Å². The average molecular weight is 396 g/mol. The molecule has 0 aliphatic heterocycles. The van der Waals surface area contributed by atoms with Gasteiger partial charge in [0.2, 0.25) is 0 Å². The molecule has 0 aliphatic rings. The molecule has 0 spiro atoms. The standard InChI is InChI=1S/C16H17N3OS4/c1-10-7-13(11(2)19(10)8-12-5-4-6-22-12)14(20)9-23-16-18-17-15(21-3)24-16/h4-7H,8-9H2,1-3H3. The third kappa shape index (κ3) is 3.93. The number of ketones is 1. The summed E-state index contributed by atoms with van der Waals surface area (Å²) in [6.07, 6.45) is 1.97. The maximum Gasteiger partial charge on any atom is 0.175 e. The molecule has 0 aliphatic carbocycles. The first kappa shape index (κ1) is 17.7. The molecule has 0 amide bonds. The van der Waals surface area contributed by atoms with E-state index in [1.54, 1.807) is 23.1 Å². The maximum atomic E-state index is 12.6. The van der Waals surface area contributed by atoms with Crippen LogP contribution in [0.15, 0.2) is 32.3 Å². The van der Waals surface area contributed by atoms with Gasteiger partial charge in [0.15, 0.2) is 14.5 Å². The van der Waals surface area contributed by atoms with Gasteiger partial charge in [0.1, 0.15) is 0 Å². The van der Waals surface area contributed by atoms with Gasteiger partial charge in [-0.25, -0.2) is 0 Å². The van der Waals surface area contributed by atoms with E-state index in [9.17, 15) is 4.79 Å². The molecule has 3 rings (SSSR count). The first-order valence-electron chi connectivity index (χ1n) is 7.31. The van der Waals surface area contributed by atoms with Crippen molar-refractivity contribution in [2.24, 2.45) is 0 Å². The van der Waals surface area contributed by atoms with Gasteiger partial charge >= 0.3 is 0 Å². The molecule has 24 heavy (non-hydrogen) atoms. The van der Waals surface area contributed by atoms with Gasteiger partial charge in [0.05, 0.1) is 12.3 Å². The average Bonchev–Trinajstić information content (AvgIpc) is 3.30. The Morgan fingerprint density at radius 2 is 2.08 bits per heavy atom. The van der Waals surface area contributed by atoms with Gasteiger partial charge in [-0.15, -0.1) is 21.5 Å². The van der Waals surface area contributed by atoms with Gasteiger partial charge in [-0.1, -0.05) is 40.9 Å². The summed E-state index contributed by atoms with van der Waals surface area (Å²) in [5.41, 5.74) is 2.97. The molecule has 0 saturated carbocycles. The van der Waals surface area contributed by atoms with E-state index in [0.29, 0.717) is 5.75 Å². The number of thioether (sulfide) groups is 2. The van der Waals surface area contributed by atoms with E-state index in [0.717, 1.165) is 32.2 Å². The van der Waals surface area contributed by atoms with Crippen molar-refractivity contribution in [1.29, 1.82) is 0 Å². The van der Waals surface area contributed by atoms with Crippen LogP contribution >= 0.6 is 46.2 Å². The molecule has 3 heterocycles. The number of thiophene rings is 1. The lowest BCUT2D eigenvalue weighted by atomic mass is 10.2. The second-order valence-corrected chi connectivity index (χ2v) is 9.49. The summed E-state index contributed by atoms with van der Waals surface area (Å²) in [4.78, 5) is 13.9. The lowest BCUT2D eigenvalue weighted by Crippen LogP contribution is -2.07. The van der Waals surface area contributed by atoms with Crippen molar-refractivity contribution in [3.63, 3.8) is 0 Å². The molecule has 126 valence electrons. The van der Waals surface area contributed by atoms with Crippen LogP contribution in [0.2, 0.25) is 0 Å². The summed E-state index contributed by atoms with van der Waals surface area (Å²) in [5, 5.41) is 10.2. The zero-order valence-electron chi connectivity index (χ0n) is 13.6. The van der Waals surface area contributed by atoms with Crippen molar-refractivity contribution in [2.75, 3.05) is 12.0 Å². The Labute approximate surface area is 157 Å². The van der Waals surface area contributed by atoms with E-state index in [-0.39, 0.29) is 5.78 Å². The number of nitrogens with zero attached hydrogens (tertiary/aromatic N) is 3. The van der Waals surface area contributed by atoms with E-state index < -0.39 is 0 Å². The maximum absolute atomic E-state index is 12.6. The number of rotatable bonds is 7. The van der Waals surface area contributed by atoms with E-state index >= 15 is 0 Å². The molecule has 0 radical (unpaired) electrons. The fourth-order valence-electron chi connectivity index (χ4n) is 2.43. The van der Waals surface area contributed by atoms with Crippen molar-refractivity contribution in [1.82, 2.24) is 14.8 Å². The van der Waals surface area contributed by atoms with Crippen LogP contribution in [-0.2, 0) is 6.54 Å². The smallest absolute Gasteiger partial charge is 0.175 e. The Kier molecular flexibility index (Phi) is 5.80. The molecular formula is C16H17N3OS4. The van der Waals surface area contributed by atoms with Crippen LogP contribution < -0.4 is 0 Å². The van der Waals surface area contributed by atoms with E-state index in [4.69, 9.17) is 0 Å². The largest absolute Gasteiger partial charge is 0.343 e. The SMILES string of the molecule is CSc1nnc(SCC(=O)c2cc(C)n(Cc3cccs3)c2C)s1. The quantitative estimate of drug-likeness (QED) is 0.426. The lowest BCUT2D eigenvalue weighted by Gasteiger charge is -2.08. The third-order valence-corrected chi connectivity index (χ3v) is 7.55. The topological polar surface area (TPSA) is 47.8 Å².